The number of anilines is 2. The van der Waals surface area contributed by atoms with Gasteiger partial charge < -0.3 is 26.8 Å². The van der Waals surface area contributed by atoms with Gasteiger partial charge in [-0.05, 0) is 6.07 Å². The number of methoxy groups -OCH3 is 1. The number of nitrogens with zero attached hydrogens (tertiary/aromatic N) is 1. The standard InChI is InChI=1S/C9H15N5O2/c1-16-7-3-2-6(10)8(14-7)12-4-5-13-9(11)15/h2-3H,4-5,10H2,1H3,(H,12,14)(H3,11,13,15). The first-order chi connectivity index (χ1) is 7.63. The summed E-state index contributed by atoms with van der Waals surface area (Å²) in [4.78, 5) is 14.5. The number of primary amides is 1. The molecule has 0 aliphatic carbocycles. The summed E-state index contributed by atoms with van der Waals surface area (Å²) in [7, 11) is 1.52. The number of carbonyl (C=O) groups excluding carboxylic acids is 1. The van der Waals surface area contributed by atoms with Gasteiger partial charge in [-0.15, -0.1) is 0 Å². The van der Waals surface area contributed by atoms with Crippen LogP contribution in [0.15, 0.2) is 12.1 Å². The van der Waals surface area contributed by atoms with E-state index in [0.717, 1.165) is 0 Å². The first kappa shape index (κ1) is 11.9. The van der Waals surface area contributed by atoms with E-state index in [4.69, 9.17) is 16.2 Å². The summed E-state index contributed by atoms with van der Waals surface area (Å²) in [5, 5.41) is 5.40. The van der Waals surface area contributed by atoms with Crippen LogP contribution in [0, 0.1) is 0 Å². The zero-order valence-corrected chi connectivity index (χ0v) is 8.99. The molecular weight excluding hydrogens is 210 g/mol. The van der Waals surface area contributed by atoms with Gasteiger partial charge in [0, 0.05) is 19.2 Å². The second-order valence-electron chi connectivity index (χ2n) is 3.01. The molecule has 6 N–H and O–H groups in total. The van der Waals surface area contributed by atoms with Crippen molar-refractivity contribution in [3.63, 3.8) is 0 Å². The average Bonchev–Trinajstić information content (AvgIpc) is 2.26. The number of amides is 2. The highest BCUT2D eigenvalue weighted by Gasteiger charge is 2.02. The van der Waals surface area contributed by atoms with Gasteiger partial charge in [-0.2, -0.15) is 4.98 Å². The molecule has 0 aliphatic heterocycles. The Hall–Kier alpha value is -2.18. The maximum absolute atomic E-state index is 10.4. The van der Waals surface area contributed by atoms with Crippen LogP contribution in [-0.2, 0) is 0 Å². The van der Waals surface area contributed by atoms with Gasteiger partial charge in [0.05, 0.1) is 12.8 Å². The highest BCUT2D eigenvalue weighted by molar-refractivity contribution is 5.71. The highest BCUT2D eigenvalue weighted by atomic mass is 16.5. The Morgan fingerprint density at radius 2 is 2.25 bits per heavy atom. The predicted molar refractivity (Wildman–Crippen MR) is 61.3 cm³/mol. The van der Waals surface area contributed by atoms with E-state index in [2.05, 4.69) is 15.6 Å². The van der Waals surface area contributed by atoms with Crippen molar-refractivity contribution < 1.29 is 9.53 Å². The molecule has 7 heteroatoms. The van der Waals surface area contributed by atoms with Gasteiger partial charge in [0.1, 0.15) is 0 Å². The van der Waals surface area contributed by atoms with Crippen molar-refractivity contribution in [3.05, 3.63) is 12.1 Å². The van der Waals surface area contributed by atoms with Crippen molar-refractivity contribution in [2.24, 2.45) is 5.73 Å². The number of nitrogens with one attached hydrogen (secondary N) is 2. The number of aromatic nitrogens is 1. The van der Waals surface area contributed by atoms with Gasteiger partial charge in [-0.25, -0.2) is 4.79 Å². The summed E-state index contributed by atoms with van der Waals surface area (Å²) < 4.78 is 4.96. The lowest BCUT2D eigenvalue weighted by molar-refractivity contribution is 0.249. The molecule has 0 radical (unpaired) electrons. The van der Waals surface area contributed by atoms with Crippen LogP contribution in [0.5, 0.6) is 5.88 Å². The molecule has 0 aromatic carbocycles. The Bertz CT molecular complexity index is 369. The van der Waals surface area contributed by atoms with Gasteiger partial charge in [0.2, 0.25) is 5.88 Å². The van der Waals surface area contributed by atoms with Crippen LogP contribution in [0.3, 0.4) is 0 Å². The largest absolute Gasteiger partial charge is 0.481 e. The zero-order chi connectivity index (χ0) is 12.0. The monoisotopic (exact) mass is 225 g/mol. The van der Waals surface area contributed by atoms with Crippen LogP contribution in [0.4, 0.5) is 16.3 Å². The summed E-state index contributed by atoms with van der Waals surface area (Å²) >= 11 is 0. The van der Waals surface area contributed by atoms with Crippen molar-refractivity contribution in [1.82, 2.24) is 10.3 Å². The third-order valence-electron chi connectivity index (χ3n) is 1.83. The van der Waals surface area contributed by atoms with Crippen LogP contribution >= 0.6 is 0 Å². The molecule has 2 amide bonds. The summed E-state index contributed by atoms with van der Waals surface area (Å²) in [5.41, 5.74) is 11.1. The minimum absolute atomic E-state index is 0.396. The number of carbonyl (C=O) groups is 1. The second-order valence-corrected chi connectivity index (χ2v) is 3.01. The Balaban J connectivity index is 2.49. The SMILES string of the molecule is COc1ccc(N)c(NCCNC(N)=O)n1. The maximum atomic E-state index is 10.4. The van der Waals surface area contributed by atoms with Crippen molar-refractivity contribution in [2.75, 3.05) is 31.2 Å². The summed E-state index contributed by atoms with van der Waals surface area (Å²) in [5.74, 6) is 0.991. The minimum atomic E-state index is -0.562. The maximum Gasteiger partial charge on any atom is 0.312 e. The van der Waals surface area contributed by atoms with Crippen LogP contribution in [-0.4, -0.2) is 31.2 Å². The number of hydrogen-bond donors (Lipinski definition) is 4. The van der Waals surface area contributed by atoms with E-state index >= 15 is 0 Å². The van der Waals surface area contributed by atoms with Crippen molar-refractivity contribution >= 4 is 17.5 Å². The fraction of sp³-hybridized carbons (Fsp3) is 0.333. The number of pyridine rings is 1. The van der Waals surface area contributed by atoms with E-state index < -0.39 is 6.03 Å². The van der Waals surface area contributed by atoms with Gasteiger partial charge in [0.25, 0.3) is 0 Å². The van der Waals surface area contributed by atoms with Crippen molar-refractivity contribution in [1.29, 1.82) is 0 Å². The fourth-order valence-corrected chi connectivity index (χ4v) is 1.07. The minimum Gasteiger partial charge on any atom is -0.481 e. The average molecular weight is 225 g/mol. The Morgan fingerprint density at radius 3 is 2.88 bits per heavy atom. The van der Waals surface area contributed by atoms with Crippen LogP contribution in [0.25, 0.3) is 0 Å². The van der Waals surface area contributed by atoms with Crippen molar-refractivity contribution in [2.45, 2.75) is 0 Å². The Labute approximate surface area is 93.2 Å². The normalized spacial score (nSPS) is 9.56. The predicted octanol–water partition coefficient (Wildman–Crippen LogP) is -0.247. The molecule has 0 aliphatic rings. The number of nitrogens with two attached hydrogens (primary N) is 2. The molecule has 1 heterocycles. The van der Waals surface area contributed by atoms with Gasteiger partial charge >= 0.3 is 6.03 Å². The first-order valence-electron chi connectivity index (χ1n) is 4.71. The molecule has 0 saturated heterocycles. The van der Waals surface area contributed by atoms with Gasteiger partial charge in [-0.3, -0.25) is 0 Å². The number of urea groups is 1. The number of ether oxygens (including phenoxy) is 1. The van der Waals surface area contributed by atoms with Crippen LogP contribution < -0.4 is 26.8 Å². The lowest BCUT2D eigenvalue weighted by atomic mass is 10.4. The molecule has 7 nitrogen and oxygen atoms in total. The molecule has 0 atom stereocenters. The van der Waals surface area contributed by atoms with Crippen molar-refractivity contribution in [3.8, 4) is 5.88 Å². The molecule has 1 aromatic rings. The molecule has 1 rings (SSSR count). The van der Waals surface area contributed by atoms with Crippen LogP contribution in [0.2, 0.25) is 0 Å². The fourth-order valence-electron chi connectivity index (χ4n) is 1.07. The third-order valence-corrected chi connectivity index (χ3v) is 1.83. The van der Waals surface area contributed by atoms with Gasteiger partial charge in [0.15, 0.2) is 5.82 Å². The third kappa shape index (κ3) is 3.52. The lowest BCUT2D eigenvalue weighted by Crippen LogP contribution is -2.33. The van der Waals surface area contributed by atoms with E-state index in [1.54, 1.807) is 12.1 Å². The second kappa shape index (κ2) is 5.64. The smallest absolute Gasteiger partial charge is 0.312 e. The molecule has 0 spiro atoms. The number of rotatable bonds is 5. The van der Waals surface area contributed by atoms with Crippen LogP contribution in [0.1, 0.15) is 0 Å². The van der Waals surface area contributed by atoms with E-state index in [0.29, 0.717) is 30.5 Å². The molecule has 16 heavy (non-hydrogen) atoms. The Morgan fingerprint density at radius 1 is 1.50 bits per heavy atom. The first-order valence-corrected chi connectivity index (χ1v) is 4.71. The molecule has 0 saturated carbocycles. The molecule has 1 aromatic heterocycles. The van der Waals surface area contributed by atoms with E-state index in [1.807, 2.05) is 0 Å². The van der Waals surface area contributed by atoms with E-state index in [9.17, 15) is 4.79 Å². The highest BCUT2D eigenvalue weighted by Crippen LogP contribution is 2.18. The van der Waals surface area contributed by atoms with E-state index in [1.165, 1.54) is 7.11 Å². The number of nitrogen functional groups attached to an aromatic ring is 1. The topological polar surface area (TPSA) is 115 Å². The molecule has 0 fully saturated rings. The quantitative estimate of drug-likeness (QED) is 0.516. The summed E-state index contributed by atoms with van der Waals surface area (Å²) in [6.45, 7) is 0.876. The lowest BCUT2D eigenvalue weighted by Gasteiger charge is -2.09. The molecule has 0 bridgehead atoms. The summed E-state index contributed by atoms with van der Waals surface area (Å²) in [6.07, 6.45) is 0. The molecule has 88 valence electrons. The molecular formula is C9H15N5O2. The Kier molecular flexibility index (Phi) is 4.19. The van der Waals surface area contributed by atoms with Gasteiger partial charge in [-0.1, -0.05) is 0 Å². The zero-order valence-electron chi connectivity index (χ0n) is 8.99. The molecule has 0 unspecified atom stereocenters. The van der Waals surface area contributed by atoms with E-state index in [-0.39, 0.29) is 0 Å². The summed E-state index contributed by atoms with van der Waals surface area (Å²) in [6, 6.07) is 2.80. The number of hydrogen-bond acceptors (Lipinski definition) is 5.